The van der Waals surface area contributed by atoms with Crippen LogP contribution in [0.3, 0.4) is 0 Å². The molecule has 0 amide bonds. The van der Waals surface area contributed by atoms with Crippen LogP contribution in [-0.2, 0) is 0 Å². The fourth-order valence-electron chi connectivity index (χ4n) is 2.29. The van der Waals surface area contributed by atoms with E-state index in [-0.39, 0.29) is 0 Å². The Hall–Kier alpha value is -2.02. The van der Waals surface area contributed by atoms with Crippen molar-refractivity contribution in [1.82, 2.24) is 0 Å². The van der Waals surface area contributed by atoms with Gasteiger partial charge in [0.2, 0.25) is 0 Å². The van der Waals surface area contributed by atoms with Crippen molar-refractivity contribution >= 4 is 24.1 Å². The smallest absolute Gasteiger partial charge is 0.0884 e. The Morgan fingerprint density at radius 1 is 0.706 bits per heavy atom. The molecule has 0 atom stereocenters. The summed E-state index contributed by atoms with van der Waals surface area (Å²) < 4.78 is 0. The van der Waals surface area contributed by atoms with E-state index in [4.69, 9.17) is 0 Å². The minimum atomic E-state index is 1.29. The summed E-state index contributed by atoms with van der Waals surface area (Å²) in [6, 6.07) is 23.7. The fourth-order valence-corrected chi connectivity index (χ4v) is 2.29. The molecule has 0 aromatic heterocycles. The average Bonchev–Trinajstić information content (AvgIpc) is 2.38. The Balaban J connectivity index is 2.30. The van der Waals surface area contributed by atoms with E-state index in [0.717, 1.165) is 0 Å². The Morgan fingerprint density at radius 3 is 2.35 bits per heavy atom. The summed E-state index contributed by atoms with van der Waals surface area (Å²) in [7, 11) is 2.13. The van der Waals surface area contributed by atoms with Gasteiger partial charge in [0.1, 0.15) is 7.85 Å². The van der Waals surface area contributed by atoms with Crippen LogP contribution < -0.4 is 5.46 Å². The zero-order valence-electron chi connectivity index (χ0n) is 9.85. The molecule has 0 aliphatic heterocycles. The van der Waals surface area contributed by atoms with Crippen molar-refractivity contribution in [3.8, 4) is 11.1 Å². The molecule has 0 saturated carbocycles. The lowest BCUT2D eigenvalue weighted by molar-refractivity contribution is 1.68. The topological polar surface area (TPSA) is 0 Å². The molecule has 3 aromatic rings. The molecule has 0 nitrogen and oxygen atoms in total. The van der Waals surface area contributed by atoms with Crippen LogP contribution >= 0.6 is 0 Å². The molecule has 0 radical (unpaired) electrons. The van der Waals surface area contributed by atoms with Crippen molar-refractivity contribution in [2.75, 3.05) is 0 Å². The van der Waals surface area contributed by atoms with Gasteiger partial charge in [0.25, 0.3) is 0 Å². The molecule has 0 saturated heterocycles. The molecule has 0 aliphatic rings. The maximum absolute atomic E-state index is 2.24. The van der Waals surface area contributed by atoms with E-state index in [1.165, 1.54) is 27.4 Å². The molecule has 3 aromatic carbocycles. The third kappa shape index (κ3) is 1.85. The van der Waals surface area contributed by atoms with Gasteiger partial charge in [-0.05, 0) is 21.9 Å². The van der Waals surface area contributed by atoms with E-state index in [1.54, 1.807) is 0 Å². The second-order valence-corrected chi connectivity index (χ2v) is 4.40. The molecule has 0 unspecified atom stereocenters. The molecule has 0 fully saturated rings. The van der Waals surface area contributed by atoms with Gasteiger partial charge in [-0.3, -0.25) is 0 Å². The highest BCUT2D eigenvalue weighted by atomic mass is 14.1. The van der Waals surface area contributed by atoms with Gasteiger partial charge in [-0.2, -0.15) is 0 Å². The highest BCUT2D eigenvalue weighted by Gasteiger charge is 2.02. The van der Waals surface area contributed by atoms with Crippen LogP contribution in [0.25, 0.3) is 21.9 Å². The summed E-state index contributed by atoms with van der Waals surface area (Å²) in [5.74, 6) is 0. The van der Waals surface area contributed by atoms with Gasteiger partial charge < -0.3 is 0 Å². The first-order valence-electron chi connectivity index (χ1n) is 5.89. The number of fused-ring (bicyclic) bond motifs is 1. The minimum absolute atomic E-state index is 1.29. The Morgan fingerprint density at radius 2 is 1.47 bits per heavy atom. The summed E-state index contributed by atoms with van der Waals surface area (Å²) in [4.78, 5) is 0. The molecule has 0 bridgehead atoms. The van der Waals surface area contributed by atoms with Crippen LogP contribution in [-0.4, -0.2) is 7.85 Å². The molecule has 3 rings (SSSR count). The Kier molecular flexibility index (Phi) is 2.45. The van der Waals surface area contributed by atoms with E-state index < -0.39 is 0 Å². The molecule has 1 heteroatoms. The van der Waals surface area contributed by atoms with E-state index in [9.17, 15) is 0 Å². The van der Waals surface area contributed by atoms with Gasteiger partial charge in [-0.25, -0.2) is 0 Å². The highest BCUT2D eigenvalue weighted by Crippen LogP contribution is 2.27. The normalized spacial score (nSPS) is 10.6. The SMILES string of the molecule is Bc1cccc(-c2cccc3ccccc23)c1. The molecule has 0 spiro atoms. The lowest BCUT2D eigenvalue weighted by atomic mass is 9.91. The first kappa shape index (κ1) is 10.2. The third-order valence-electron chi connectivity index (χ3n) is 3.12. The predicted octanol–water partition coefficient (Wildman–Crippen LogP) is 2.77. The van der Waals surface area contributed by atoms with Crippen molar-refractivity contribution < 1.29 is 0 Å². The third-order valence-corrected chi connectivity index (χ3v) is 3.12. The summed E-state index contributed by atoms with van der Waals surface area (Å²) in [6.45, 7) is 0. The van der Waals surface area contributed by atoms with Crippen molar-refractivity contribution in [3.05, 3.63) is 66.7 Å². The van der Waals surface area contributed by atoms with Gasteiger partial charge in [0, 0.05) is 0 Å². The summed E-state index contributed by atoms with van der Waals surface area (Å²) in [5, 5.41) is 2.62. The Labute approximate surface area is 102 Å². The summed E-state index contributed by atoms with van der Waals surface area (Å²) in [6.07, 6.45) is 0. The largest absolute Gasteiger partial charge is 0.139 e. The average molecular weight is 216 g/mol. The second kappa shape index (κ2) is 4.10. The van der Waals surface area contributed by atoms with Crippen molar-refractivity contribution in [2.24, 2.45) is 0 Å². The predicted molar refractivity (Wildman–Crippen MR) is 77.6 cm³/mol. The highest BCUT2D eigenvalue weighted by molar-refractivity contribution is 6.32. The lowest BCUT2D eigenvalue weighted by Crippen LogP contribution is -2.00. The van der Waals surface area contributed by atoms with E-state index >= 15 is 0 Å². The van der Waals surface area contributed by atoms with Crippen LogP contribution in [0.2, 0.25) is 0 Å². The molecule has 80 valence electrons. The first-order valence-corrected chi connectivity index (χ1v) is 5.89. The van der Waals surface area contributed by atoms with Crippen LogP contribution in [0.15, 0.2) is 66.7 Å². The van der Waals surface area contributed by atoms with Crippen LogP contribution in [0.5, 0.6) is 0 Å². The van der Waals surface area contributed by atoms with Crippen LogP contribution in [0, 0.1) is 0 Å². The summed E-state index contributed by atoms with van der Waals surface area (Å²) in [5.41, 5.74) is 3.91. The van der Waals surface area contributed by atoms with Gasteiger partial charge in [-0.1, -0.05) is 72.2 Å². The van der Waals surface area contributed by atoms with Gasteiger partial charge in [-0.15, -0.1) is 0 Å². The number of benzene rings is 3. The second-order valence-electron chi connectivity index (χ2n) is 4.40. The number of hydrogen-bond acceptors (Lipinski definition) is 0. The van der Waals surface area contributed by atoms with Crippen molar-refractivity contribution in [2.45, 2.75) is 0 Å². The zero-order chi connectivity index (χ0) is 11.7. The van der Waals surface area contributed by atoms with Crippen molar-refractivity contribution in [1.29, 1.82) is 0 Å². The van der Waals surface area contributed by atoms with Gasteiger partial charge in [0.05, 0.1) is 0 Å². The zero-order valence-corrected chi connectivity index (χ0v) is 9.85. The van der Waals surface area contributed by atoms with E-state index in [1.807, 2.05) is 0 Å². The molecule has 0 heterocycles. The molecular weight excluding hydrogens is 203 g/mol. The molecule has 0 aliphatic carbocycles. The number of hydrogen-bond donors (Lipinski definition) is 0. The minimum Gasteiger partial charge on any atom is -0.0884 e. The Bertz CT molecular complexity index is 666. The molecular formula is C16H13B. The summed E-state index contributed by atoms with van der Waals surface area (Å²) >= 11 is 0. The maximum Gasteiger partial charge on any atom is 0.139 e. The quantitative estimate of drug-likeness (QED) is 0.548. The van der Waals surface area contributed by atoms with Gasteiger partial charge >= 0.3 is 0 Å². The maximum atomic E-state index is 2.24. The number of rotatable bonds is 1. The molecule has 17 heavy (non-hydrogen) atoms. The monoisotopic (exact) mass is 216 g/mol. The van der Waals surface area contributed by atoms with Crippen molar-refractivity contribution in [3.63, 3.8) is 0 Å². The van der Waals surface area contributed by atoms with Gasteiger partial charge in [0.15, 0.2) is 0 Å². The van der Waals surface area contributed by atoms with Crippen LogP contribution in [0.4, 0.5) is 0 Å². The molecule has 0 N–H and O–H groups in total. The van der Waals surface area contributed by atoms with E-state index in [2.05, 4.69) is 74.6 Å². The fraction of sp³-hybridized carbons (Fsp3) is 0. The lowest BCUT2D eigenvalue weighted by Gasteiger charge is -2.07. The first-order chi connectivity index (χ1) is 8.34. The van der Waals surface area contributed by atoms with Crippen LogP contribution in [0.1, 0.15) is 0 Å². The standard InChI is InChI=1S/C16H13B/c17-14-8-3-7-13(11-14)16-10-4-6-12-5-1-2-9-15(12)16/h1-11H,17H2. The van der Waals surface area contributed by atoms with E-state index in [0.29, 0.717) is 0 Å².